The lowest BCUT2D eigenvalue weighted by molar-refractivity contribution is 0.935. The van der Waals surface area contributed by atoms with E-state index < -0.39 is 0 Å². The van der Waals surface area contributed by atoms with Gasteiger partial charge in [0.1, 0.15) is 0 Å². The summed E-state index contributed by atoms with van der Waals surface area (Å²) in [7, 11) is 1.98. The smallest absolute Gasteiger partial charge is 0.152 e. The van der Waals surface area contributed by atoms with E-state index in [1.165, 1.54) is 0 Å². The van der Waals surface area contributed by atoms with E-state index in [-0.39, 0.29) is 0 Å². The molecule has 3 rings (SSSR count). The van der Waals surface area contributed by atoms with Crippen molar-refractivity contribution in [1.82, 2.24) is 9.55 Å². The number of fused-ring (bicyclic) bond motifs is 1. The maximum atomic E-state index is 5.84. The number of nitrogens with zero attached hydrogens (tertiary/aromatic N) is 3. The second kappa shape index (κ2) is 4.86. The molecule has 0 radical (unpaired) electrons. The number of aliphatic imine (C=N–C) groups is 1. The van der Waals surface area contributed by atoms with Crippen LogP contribution in [0.25, 0.3) is 11.0 Å². The van der Waals surface area contributed by atoms with Crippen molar-refractivity contribution < 1.29 is 0 Å². The third-order valence-corrected chi connectivity index (χ3v) is 3.23. The van der Waals surface area contributed by atoms with Gasteiger partial charge in [-0.25, -0.2) is 4.98 Å². The molecule has 0 fully saturated rings. The Hall–Kier alpha value is -2.13. The average molecular weight is 270 g/mol. The molecule has 3 nitrogen and oxygen atoms in total. The lowest BCUT2D eigenvalue weighted by atomic mass is 10.3. The van der Waals surface area contributed by atoms with Crippen molar-refractivity contribution in [3.05, 3.63) is 59.4 Å². The standard InChI is InChI=1S/C15H12ClN3/c1-19-14-5-3-2-4-13(14)18-15(19)10-17-12-8-6-11(16)7-9-12/h2-10H,1H3. The number of imidazole rings is 1. The van der Waals surface area contributed by atoms with Crippen LogP contribution in [0.2, 0.25) is 5.02 Å². The summed E-state index contributed by atoms with van der Waals surface area (Å²) >= 11 is 5.84. The Morgan fingerprint density at radius 3 is 2.58 bits per heavy atom. The van der Waals surface area contributed by atoms with Gasteiger partial charge >= 0.3 is 0 Å². The van der Waals surface area contributed by atoms with Crippen LogP contribution in [0.5, 0.6) is 0 Å². The first kappa shape index (κ1) is 11.9. The average Bonchev–Trinajstić information content (AvgIpc) is 2.76. The first-order valence-electron chi connectivity index (χ1n) is 5.95. The van der Waals surface area contributed by atoms with Gasteiger partial charge in [-0.1, -0.05) is 23.7 Å². The largest absolute Gasteiger partial charge is 0.326 e. The lowest BCUT2D eigenvalue weighted by Gasteiger charge is -1.96. The second-order valence-corrected chi connectivity index (χ2v) is 4.69. The molecule has 0 bridgehead atoms. The predicted molar refractivity (Wildman–Crippen MR) is 79.4 cm³/mol. The van der Waals surface area contributed by atoms with Gasteiger partial charge in [0.2, 0.25) is 0 Å². The highest BCUT2D eigenvalue weighted by Crippen LogP contribution is 2.17. The molecule has 94 valence electrons. The van der Waals surface area contributed by atoms with E-state index in [0.717, 1.165) is 22.5 Å². The fourth-order valence-corrected chi connectivity index (χ4v) is 2.07. The van der Waals surface area contributed by atoms with Crippen LogP contribution in [0.1, 0.15) is 5.82 Å². The Labute approximate surface area is 116 Å². The van der Waals surface area contributed by atoms with Crippen molar-refractivity contribution in [2.45, 2.75) is 0 Å². The molecule has 0 saturated carbocycles. The van der Waals surface area contributed by atoms with E-state index in [2.05, 4.69) is 9.98 Å². The van der Waals surface area contributed by atoms with Crippen molar-refractivity contribution in [1.29, 1.82) is 0 Å². The number of hydrogen-bond acceptors (Lipinski definition) is 2. The number of halogens is 1. The number of benzene rings is 2. The highest BCUT2D eigenvalue weighted by Gasteiger charge is 2.04. The Morgan fingerprint density at radius 2 is 1.84 bits per heavy atom. The van der Waals surface area contributed by atoms with Gasteiger partial charge in [-0.2, -0.15) is 0 Å². The summed E-state index contributed by atoms with van der Waals surface area (Å²) < 4.78 is 2.02. The van der Waals surface area contributed by atoms with Gasteiger partial charge in [0, 0.05) is 12.1 Å². The van der Waals surface area contributed by atoms with Crippen molar-refractivity contribution in [3.63, 3.8) is 0 Å². The van der Waals surface area contributed by atoms with E-state index >= 15 is 0 Å². The maximum Gasteiger partial charge on any atom is 0.152 e. The molecular weight excluding hydrogens is 258 g/mol. The van der Waals surface area contributed by atoms with Gasteiger partial charge in [0.05, 0.1) is 22.9 Å². The van der Waals surface area contributed by atoms with Gasteiger partial charge in [-0.05, 0) is 36.4 Å². The second-order valence-electron chi connectivity index (χ2n) is 4.25. The SMILES string of the molecule is Cn1c(C=Nc2ccc(Cl)cc2)nc2ccccc21. The van der Waals surface area contributed by atoms with Crippen molar-refractivity contribution in [2.24, 2.45) is 12.0 Å². The van der Waals surface area contributed by atoms with E-state index in [1.807, 2.05) is 60.1 Å². The molecule has 0 amide bonds. The van der Waals surface area contributed by atoms with Crippen LogP contribution >= 0.6 is 11.6 Å². The molecule has 0 spiro atoms. The monoisotopic (exact) mass is 269 g/mol. The lowest BCUT2D eigenvalue weighted by Crippen LogP contribution is -1.95. The molecule has 2 aromatic carbocycles. The number of rotatable bonds is 2. The summed E-state index contributed by atoms with van der Waals surface area (Å²) in [5, 5.41) is 0.710. The molecular formula is C15H12ClN3. The fourth-order valence-electron chi connectivity index (χ4n) is 1.94. The van der Waals surface area contributed by atoms with E-state index in [4.69, 9.17) is 11.6 Å². The first-order valence-corrected chi connectivity index (χ1v) is 6.33. The van der Waals surface area contributed by atoms with Crippen LogP contribution in [0.3, 0.4) is 0 Å². The molecule has 3 aromatic rings. The molecule has 0 N–H and O–H groups in total. The summed E-state index contributed by atoms with van der Waals surface area (Å²) in [5.74, 6) is 0.830. The van der Waals surface area contributed by atoms with E-state index in [9.17, 15) is 0 Å². The summed E-state index contributed by atoms with van der Waals surface area (Å²) in [6.07, 6.45) is 1.77. The van der Waals surface area contributed by atoms with Crippen LogP contribution in [0, 0.1) is 0 Å². The number of aryl methyl sites for hydroxylation is 1. The van der Waals surface area contributed by atoms with Gasteiger partial charge < -0.3 is 4.57 Å². The molecule has 1 heterocycles. The van der Waals surface area contributed by atoms with Crippen LogP contribution in [-0.4, -0.2) is 15.8 Å². The number of hydrogen-bond donors (Lipinski definition) is 0. The van der Waals surface area contributed by atoms with E-state index in [1.54, 1.807) is 6.21 Å². The van der Waals surface area contributed by atoms with Gasteiger partial charge in [0.15, 0.2) is 5.82 Å². The number of para-hydroxylation sites is 2. The van der Waals surface area contributed by atoms with Gasteiger partial charge in [-0.3, -0.25) is 4.99 Å². The Morgan fingerprint density at radius 1 is 1.11 bits per heavy atom. The van der Waals surface area contributed by atoms with Gasteiger partial charge in [-0.15, -0.1) is 0 Å². The topological polar surface area (TPSA) is 30.2 Å². The Kier molecular flexibility index (Phi) is 3.05. The minimum absolute atomic E-state index is 0.710. The van der Waals surface area contributed by atoms with Crippen LogP contribution < -0.4 is 0 Å². The Bertz CT molecular complexity index is 742. The fraction of sp³-hybridized carbons (Fsp3) is 0.0667. The molecule has 0 saturated heterocycles. The predicted octanol–water partition coefficient (Wildman–Crippen LogP) is 3.98. The number of aromatic nitrogens is 2. The third kappa shape index (κ3) is 2.37. The molecule has 0 atom stereocenters. The van der Waals surface area contributed by atoms with Crippen molar-refractivity contribution in [2.75, 3.05) is 0 Å². The maximum absolute atomic E-state index is 5.84. The molecule has 0 aliphatic rings. The summed E-state index contributed by atoms with van der Waals surface area (Å²) in [6, 6.07) is 15.4. The zero-order valence-corrected chi connectivity index (χ0v) is 11.2. The molecule has 4 heteroatoms. The van der Waals surface area contributed by atoms with Crippen molar-refractivity contribution in [3.8, 4) is 0 Å². The normalized spacial score (nSPS) is 11.5. The van der Waals surface area contributed by atoms with Crippen molar-refractivity contribution >= 4 is 34.5 Å². The first-order chi connectivity index (χ1) is 9.24. The quantitative estimate of drug-likeness (QED) is 0.647. The zero-order valence-electron chi connectivity index (χ0n) is 10.4. The molecule has 1 aromatic heterocycles. The summed E-state index contributed by atoms with van der Waals surface area (Å²) in [5.41, 5.74) is 2.93. The molecule has 19 heavy (non-hydrogen) atoms. The highest BCUT2D eigenvalue weighted by molar-refractivity contribution is 6.30. The zero-order chi connectivity index (χ0) is 13.2. The summed E-state index contributed by atoms with van der Waals surface area (Å²) in [4.78, 5) is 8.94. The highest BCUT2D eigenvalue weighted by atomic mass is 35.5. The van der Waals surface area contributed by atoms with Crippen LogP contribution in [0.4, 0.5) is 5.69 Å². The minimum Gasteiger partial charge on any atom is -0.326 e. The van der Waals surface area contributed by atoms with Crippen LogP contribution in [-0.2, 0) is 7.05 Å². The minimum atomic E-state index is 0.710. The Balaban J connectivity index is 1.97. The molecule has 0 aliphatic heterocycles. The summed E-state index contributed by atoms with van der Waals surface area (Å²) in [6.45, 7) is 0. The third-order valence-electron chi connectivity index (χ3n) is 2.98. The van der Waals surface area contributed by atoms with Gasteiger partial charge in [0.25, 0.3) is 0 Å². The van der Waals surface area contributed by atoms with Crippen LogP contribution in [0.15, 0.2) is 53.5 Å². The van der Waals surface area contributed by atoms with E-state index in [0.29, 0.717) is 5.02 Å². The molecule has 0 aliphatic carbocycles. The molecule has 0 unspecified atom stereocenters.